The van der Waals surface area contributed by atoms with E-state index in [0.29, 0.717) is 0 Å². The number of halogens is 1. The standard InChI is InChI=1S/C10H13BrN2O7/c1-19-10(18)6(15)5(3-14)20-8(10)13-2-4(11)7(16)12-9(13)17/h2,5-6,8,14-15,18H,3H2,1H3,(H,12,16,17)/t5-,6-,8-,10+/m1/s1. The fourth-order valence-electron chi connectivity index (χ4n) is 2.01. The van der Waals surface area contributed by atoms with Gasteiger partial charge in [0.1, 0.15) is 12.2 Å². The van der Waals surface area contributed by atoms with Crippen LogP contribution in [0.3, 0.4) is 0 Å². The van der Waals surface area contributed by atoms with Gasteiger partial charge >= 0.3 is 5.69 Å². The number of hydrogen-bond donors (Lipinski definition) is 4. The molecule has 0 unspecified atom stereocenters. The van der Waals surface area contributed by atoms with Gasteiger partial charge < -0.3 is 24.8 Å². The van der Waals surface area contributed by atoms with Crippen molar-refractivity contribution >= 4 is 15.9 Å². The summed E-state index contributed by atoms with van der Waals surface area (Å²) in [5, 5.41) is 29.3. The van der Waals surface area contributed by atoms with Gasteiger partial charge in [0.2, 0.25) is 5.79 Å². The number of ether oxygens (including phenoxy) is 2. The maximum atomic E-state index is 11.8. The van der Waals surface area contributed by atoms with E-state index in [9.17, 15) is 19.8 Å². The molecule has 1 saturated heterocycles. The minimum Gasteiger partial charge on any atom is -0.394 e. The number of H-pyrrole nitrogens is 1. The molecule has 10 heteroatoms. The number of methoxy groups -OCH3 is 1. The zero-order valence-electron chi connectivity index (χ0n) is 10.3. The number of aromatic nitrogens is 2. The van der Waals surface area contributed by atoms with Gasteiger partial charge in [-0.2, -0.15) is 0 Å². The van der Waals surface area contributed by atoms with Crippen LogP contribution in [-0.4, -0.2) is 56.6 Å². The lowest BCUT2D eigenvalue weighted by Gasteiger charge is -2.29. The summed E-state index contributed by atoms with van der Waals surface area (Å²) < 4.78 is 11.0. The molecule has 4 N–H and O–H groups in total. The Morgan fingerprint density at radius 1 is 1.60 bits per heavy atom. The van der Waals surface area contributed by atoms with Crippen LogP contribution in [0.15, 0.2) is 20.3 Å². The van der Waals surface area contributed by atoms with Gasteiger partial charge in [-0.15, -0.1) is 0 Å². The summed E-state index contributed by atoms with van der Waals surface area (Å²) in [6, 6.07) is 0. The minimum atomic E-state index is -2.24. The SMILES string of the molecule is CO[C@@]1(O)[C@H](O)[C@@H](CO)O[C@H]1n1cc(Br)c(=O)[nH]c1=O. The largest absolute Gasteiger partial charge is 0.394 e. The molecule has 0 aliphatic carbocycles. The second-order valence-corrected chi connectivity index (χ2v) is 5.11. The van der Waals surface area contributed by atoms with Crippen molar-refractivity contribution in [3.63, 3.8) is 0 Å². The second kappa shape index (κ2) is 5.39. The number of aromatic amines is 1. The van der Waals surface area contributed by atoms with E-state index in [2.05, 4.69) is 15.9 Å². The fraction of sp³-hybridized carbons (Fsp3) is 0.600. The monoisotopic (exact) mass is 352 g/mol. The van der Waals surface area contributed by atoms with E-state index >= 15 is 0 Å². The lowest BCUT2D eigenvalue weighted by molar-refractivity contribution is -0.265. The van der Waals surface area contributed by atoms with E-state index in [4.69, 9.17) is 14.6 Å². The number of nitrogens with zero attached hydrogens (tertiary/aromatic N) is 1. The van der Waals surface area contributed by atoms with E-state index < -0.39 is 42.1 Å². The molecule has 1 aliphatic rings. The maximum absolute atomic E-state index is 11.8. The van der Waals surface area contributed by atoms with Crippen molar-refractivity contribution in [1.29, 1.82) is 0 Å². The summed E-state index contributed by atoms with van der Waals surface area (Å²) in [6.07, 6.45) is -3.04. The molecular weight excluding hydrogens is 340 g/mol. The highest BCUT2D eigenvalue weighted by Gasteiger charge is 2.57. The fourth-order valence-corrected chi connectivity index (χ4v) is 2.33. The normalized spacial score (nSPS) is 33.5. The molecule has 4 atom stereocenters. The van der Waals surface area contributed by atoms with Gasteiger partial charge in [0.25, 0.3) is 5.56 Å². The maximum Gasteiger partial charge on any atom is 0.330 e. The van der Waals surface area contributed by atoms with Crippen molar-refractivity contribution in [1.82, 2.24) is 9.55 Å². The molecule has 1 aromatic rings. The summed E-state index contributed by atoms with van der Waals surface area (Å²) in [5.74, 6) is -2.24. The van der Waals surface area contributed by atoms with Gasteiger partial charge in [-0.25, -0.2) is 4.79 Å². The van der Waals surface area contributed by atoms with E-state index in [1.54, 1.807) is 0 Å². The third-order valence-corrected chi connectivity index (χ3v) is 3.68. The zero-order chi connectivity index (χ0) is 15.1. The topological polar surface area (TPSA) is 134 Å². The van der Waals surface area contributed by atoms with Gasteiger partial charge in [0, 0.05) is 13.3 Å². The number of aliphatic hydroxyl groups excluding tert-OH is 2. The number of nitrogens with one attached hydrogen (secondary N) is 1. The molecule has 1 aromatic heterocycles. The van der Waals surface area contributed by atoms with E-state index in [0.717, 1.165) is 17.9 Å². The Morgan fingerprint density at radius 3 is 2.80 bits per heavy atom. The Balaban J connectivity index is 2.54. The highest BCUT2D eigenvalue weighted by Crippen LogP contribution is 2.38. The Kier molecular flexibility index (Phi) is 4.14. The van der Waals surface area contributed by atoms with E-state index in [1.807, 2.05) is 4.98 Å². The van der Waals surface area contributed by atoms with Crippen molar-refractivity contribution in [2.45, 2.75) is 24.2 Å². The van der Waals surface area contributed by atoms with Crippen LogP contribution in [0.5, 0.6) is 0 Å². The first kappa shape index (κ1) is 15.4. The van der Waals surface area contributed by atoms with Crippen LogP contribution in [0.4, 0.5) is 0 Å². The van der Waals surface area contributed by atoms with Gasteiger partial charge in [-0.3, -0.25) is 14.3 Å². The Labute approximate surface area is 120 Å². The van der Waals surface area contributed by atoms with Crippen molar-refractivity contribution in [2.24, 2.45) is 0 Å². The van der Waals surface area contributed by atoms with E-state index in [1.165, 1.54) is 0 Å². The summed E-state index contributed by atoms with van der Waals surface area (Å²) >= 11 is 2.94. The Morgan fingerprint density at radius 2 is 2.25 bits per heavy atom. The summed E-state index contributed by atoms with van der Waals surface area (Å²) in [6.45, 7) is -0.581. The van der Waals surface area contributed by atoms with Crippen LogP contribution >= 0.6 is 15.9 Å². The highest BCUT2D eigenvalue weighted by atomic mass is 79.9. The molecule has 2 heterocycles. The summed E-state index contributed by atoms with van der Waals surface area (Å²) in [5.41, 5.74) is -1.51. The van der Waals surface area contributed by atoms with E-state index in [-0.39, 0.29) is 4.47 Å². The molecule has 112 valence electrons. The first-order valence-electron chi connectivity index (χ1n) is 5.58. The van der Waals surface area contributed by atoms with Crippen LogP contribution in [0, 0.1) is 0 Å². The van der Waals surface area contributed by atoms with Crippen LogP contribution in [0.25, 0.3) is 0 Å². The number of hydrogen-bond acceptors (Lipinski definition) is 7. The molecule has 0 saturated carbocycles. The molecular formula is C10H13BrN2O7. The predicted octanol–water partition coefficient (Wildman–Crippen LogP) is -2.12. The van der Waals surface area contributed by atoms with Gasteiger partial charge in [0.15, 0.2) is 6.23 Å². The first-order chi connectivity index (χ1) is 9.35. The molecule has 0 radical (unpaired) electrons. The lowest BCUT2D eigenvalue weighted by atomic mass is 10.1. The highest BCUT2D eigenvalue weighted by molar-refractivity contribution is 9.10. The average molecular weight is 353 g/mol. The molecule has 0 spiro atoms. The predicted molar refractivity (Wildman–Crippen MR) is 68.0 cm³/mol. The number of aliphatic hydroxyl groups is 3. The van der Waals surface area contributed by atoms with Gasteiger partial charge in [-0.05, 0) is 15.9 Å². The molecule has 0 amide bonds. The summed E-state index contributed by atoms with van der Waals surface area (Å²) in [7, 11) is 1.12. The molecule has 2 rings (SSSR count). The van der Waals surface area contributed by atoms with Crippen LogP contribution in [-0.2, 0) is 9.47 Å². The van der Waals surface area contributed by atoms with Gasteiger partial charge in [-0.1, -0.05) is 0 Å². The van der Waals surface area contributed by atoms with Crippen molar-refractivity contribution in [3.8, 4) is 0 Å². The molecule has 20 heavy (non-hydrogen) atoms. The molecule has 0 bridgehead atoms. The zero-order valence-corrected chi connectivity index (χ0v) is 11.9. The number of rotatable bonds is 3. The molecule has 1 fully saturated rings. The Bertz CT molecular complexity index is 614. The third-order valence-electron chi connectivity index (χ3n) is 3.12. The van der Waals surface area contributed by atoms with Crippen LogP contribution in [0.2, 0.25) is 0 Å². The summed E-state index contributed by atoms with van der Waals surface area (Å²) in [4.78, 5) is 25.1. The smallest absolute Gasteiger partial charge is 0.330 e. The Hall–Kier alpha value is -1.04. The van der Waals surface area contributed by atoms with Crippen molar-refractivity contribution in [3.05, 3.63) is 31.5 Å². The molecule has 0 aromatic carbocycles. The third kappa shape index (κ3) is 2.24. The first-order valence-corrected chi connectivity index (χ1v) is 6.37. The second-order valence-electron chi connectivity index (χ2n) is 4.25. The average Bonchev–Trinajstić information content (AvgIpc) is 2.67. The quantitative estimate of drug-likeness (QED) is 0.457. The van der Waals surface area contributed by atoms with Crippen molar-refractivity contribution in [2.75, 3.05) is 13.7 Å². The minimum absolute atomic E-state index is 0.0288. The van der Waals surface area contributed by atoms with Crippen LogP contribution < -0.4 is 11.2 Å². The van der Waals surface area contributed by atoms with Crippen molar-refractivity contribution < 1.29 is 24.8 Å². The molecule has 9 nitrogen and oxygen atoms in total. The molecule has 1 aliphatic heterocycles. The lowest BCUT2D eigenvalue weighted by Crippen LogP contribution is -2.50. The van der Waals surface area contributed by atoms with Gasteiger partial charge in [0.05, 0.1) is 11.1 Å². The van der Waals surface area contributed by atoms with Crippen LogP contribution in [0.1, 0.15) is 6.23 Å².